The summed E-state index contributed by atoms with van der Waals surface area (Å²) in [6, 6.07) is 12.7. The van der Waals surface area contributed by atoms with Crippen molar-refractivity contribution < 1.29 is 14.3 Å². The smallest absolute Gasteiger partial charge is 0.322 e. The molecule has 1 aliphatic heterocycles. The Hall–Kier alpha value is -2.76. The number of carbonyl (C=O) groups excluding carboxylic acids is 1. The van der Waals surface area contributed by atoms with Crippen molar-refractivity contribution in [1.82, 2.24) is 9.88 Å². The molecule has 1 N–H and O–H groups in total. The fraction of sp³-hybridized carbons (Fsp3) is 0.294. The maximum atomic E-state index is 12.1. The molecule has 0 bridgehead atoms. The highest BCUT2D eigenvalue weighted by atomic mass is 16.5. The van der Waals surface area contributed by atoms with E-state index in [4.69, 9.17) is 9.47 Å². The summed E-state index contributed by atoms with van der Waals surface area (Å²) in [5, 5.41) is 2.85. The van der Waals surface area contributed by atoms with Crippen molar-refractivity contribution >= 4 is 11.7 Å². The average molecular weight is 313 g/mol. The van der Waals surface area contributed by atoms with Gasteiger partial charge in [-0.25, -0.2) is 9.78 Å². The number of nitrogens with zero attached hydrogens (tertiary/aromatic N) is 2. The van der Waals surface area contributed by atoms with Gasteiger partial charge in [0.15, 0.2) is 0 Å². The molecule has 1 aromatic carbocycles. The molecular weight excluding hydrogens is 294 g/mol. The van der Waals surface area contributed by atoms with Crippen LogP contribution in [0.5, 0.6) is 11.6 Å². The van der Waals surface area contributed by atoms with Crippen LogP contribution in [-0.2, 0) is 0 Å². The number of aromatic nitrogens is 1. The van der Waals surface area contributed by atoms with E-state index in [0.29, 0.717) is 19.0 Å². The first-order valence-corrected chi connectivity index (χ1v) is 7.44. The van der Waals surface area contributed by atoms with Gasteiger partial charge in [-0.15, -0.1) is 0 Å². The van der Waals surface area contributed by atoms with E-state index in [9.17, 15) is 4.79 Å². The standard InChI is InChI=1S/C17H19N3O3/c1-12-4-3-5-16(18-12)23-15-10-20(11-15)17(21)19-13-6-8-14(22-2)9-7-13/h3-9,15H,10-11H2,1-2H3,(H,19,21). The molecule has 23 heavy (non-hydrogen) atoms. The van der Waals surface area contributed by atoms with Gasteiger partial charge in [-0.2, -0.15) is 0 Å². The number of carbonyl (C=O) groups is 1. The van der Waals surface area contributed by atoms with Crippen LogP contribution < -0.4 is 14.8 Å². The number of urea groups is 1. The van der Waals surface area contributed by atoms with E-state index in [0.717, 1.165) is 17.1 Å². The van der Waals surface area contributed by atoms with E-state index in [1.54, 1.807) is 36.3 Å². The molecule has 0 atom stereocenters. The van der Waals surface area contributed by atoms with Crippen LogP contribution >= 0.6 is 0 Å². The number of methoxy groups -OCH3 is 1. The van der Waals surface area contributed by atoms with Gasteiger partial charge < -0.3 is 19.7 Å². The second-order valence-corrected chi connectivity index (χ2v) is 5.42. The Morgan fingerprint density at radius 3 is 2.61 bits per heavy atom. The molecule has 2 amide bonds. The van der Waals surface area contributed by atoms with Crippen molar-refractivity contribution in [1.29, 1.82) is 0 Å². The summed E-state index contributed by atoms with van der Waals surface area (Å²) in [5.41, 5.74) is 1.65. The van der Waals surface area contributed by atoms with E-state index >= 15 is 0 Å². The van der Waals surface area contributed by atoms with Crippen LogP contribution in [0.2, 0.25) is 0 Å². The van der Waals surface area contributed by atoms with Gasteiger partial charge in [0, 0.05) is 17.4 Å². The molecule has 0 spiro atoms. The van der Waals surface area contributed by atoms with Crippen LogP contribution in [0.1, 0.15) is 5.69 Å². The molecule has 6 nitrogen and oxygen atoms in total. The van der Waals surface area contributed by atoms with Gasteiger partial charge in [-0.3, -0.25) is 0 Å². The minimum absolute atomic E-state index is 0.00841. The molecular formula is C17H19N3O3. The number of likely N-dealkylation sites (tertiary alicyclic amines) is 1. The summed E-state index contributed by atoms with van der Waals surface area (Å²) in [6.07, 6.45) is -0.00841. The van der Waals surface area contributed by atoms with Crippen LogP contribution in [0.3, 0.4) is 0 Å². The molecule has 6 heteroatoms. The third-order valence-corrected chi connectivity index (χ3v) is 3.63. The molecule has 1 saturated heterocycles. The molecule has 2 heterocycles. The third-order valence-electron chi connectivity index (χ3n) is 3.63. The van der Waals surface area contributed by atoms with Crippen molar-refractivity contribution in [2.45, 2.75) is 13.0 Å². The quantitative estimate of drug-likeness (QED) is 0.942. The number of pyridine rings is 1. The Morgan fingerprint density at radius 1 is 1.22 bits per heavy atom. The zero-order chi connectivity index (χ0) is 16.2. The van der Waals surface area contributed by atoms with Crippen LogP contribution in [0, 0.1) is 6.92 Å². The van der Waals surface area contributed by atoms with Gasteiger partial charge >= 0.3 is 6.03 Å². The number of benzene rings is 1. The fourth-order valence-corrected chi connectivity index (χ4v) is 2.31. The number of amides is 2. The number of nitrogens with one attached hydrogen (secondary N) is 1. The summed E-state index contributed by atoms with van der Waals surface area (Å²) >= 11 is 0. The van der Waals surface area contributed by atoms with Crippen LogP contribution in [0.25, 0.3) is 0 Å². The molecule has 0 radical (unpaired) electrons. The first kappa shape index (κ1) is 15.1. The minimum Gasteiger partial charge on any atom is -0.497 e. The first-order chi connectivity index (χ1) is 11.1. The van der Waals surface area contributed by atoms with E-state index in [1.165, 1.54) is 0 Å². The zero-order valence-corrected chi connectivity index (χ0v) is 13.2. The summed E-state index contributed by atoms with van der Waals surface area (Å²) in [7, 11) is 1.61. The lowest BCUT2D eigenvalue weighted by molar-refractivity contribution is 0.0460. The van der Waals surface area contributed by atoms with Gasteiger partial charge in [-0.1, -0.05) is 6.07 Å². The minimum atomic E-state index is -0.132. The number of hydrogen-bond donors (Lipinski definition) is 1. The van der Waals surface area contributed by atoms with Crippen molar-refractivity contribution in [2.24, 2.45) is 0 Å². The van der Waals surface area contributed by atoms with Crippen LogP contribution in [0.4, 0.5) is 10.5 Å². The van der Waals surface area contributed by atoms with Crippen molar-refractivity contribution in [3.05, 3.63) is 48.2 Å². The Bertz CT molecular complexity index is 682. The Labute approximate surface area is 135 Å². The molecule has 1 aromatic heterocycles. The Morgan fingerprint density at radius 2 is 1.96 bits per heavy atom. The van der Waals surface area contributed by atoms with Gasteiger partial charge in [0.2, 0.25) is 5.88 Å². The van der Waals surface area contributed by atoms with Crippen LogP contribution in [-0.4, -0.2) is 42.2 Å². The lowest BCUT2D eigenvalue weighted by atomic mass is 10.2. The molecule has 0 saturated carbocycles. The summed E-state index contributed by atoms with van der Waals surface area (Å²) in [6.45, 7) is 3.03. The maximum absolute atomic E-state index is 12.1. The molecule has 3 rings (SSSR count). The Balaban J connectivity index is 1.47. The fourth-order valence-electron chi connectivity index (χ4n) is 2.31. The number of anilines is 1. The van der Waals surface area contributed by atoms with E-state index in [1.807, 2.05) is 25.1 Å². The monoisotopic (exact) mass is 313 g/mol. The Kier molecular flexibility index (Phi) is 4.32. The van der Waals surface area contributed by atoms with E-state index < -0.39 is 0 Å². The van der Waals surface area contributed by atoms with Gasteiger partial charge in [0.1, 0.15) is 11.9 Å². The largest absolute Gasteiger partial charge is 0.497 e. The highest BCUT2D eigenvalue weighted by Gasteiger charge is 2.32. The van der Waals surface area contributed by atoms with Crippen molar-refractivity contribution in [3.8, 4) is 11.6 Å². The summed E-state index contributed by atoms with van der Waals surface area (Å²) < 4.78 is 10.8. The van der Waals surface area contributed by atoms with E-state index in [2.05, 4.69) is 10.3 Å². The van der Waals surface area contributed by atoms with Gasteiger partial charge in [0.05, 0.1) is 20.2 Å². The van der Waals surface area contributed by atoms with Gasteiger partial charge in [-0.05, 0) is 37.3 Å². The van der Waals surface area contributed by atoms with Crippen molar-refractivity contribution in [2.75, 3.05) is 25.5 Å². The van der Waals surface area contributed by atoms with Crippen molar-refractivity contribution in [3.63, 3.8) is 0 Å². The zero-order valence-electron chi connectivity index (χ0n) is 13.2. The highest BCUT2D eigenvalue weighted by molar-refractivity contribution is 5.90. The topological polar surface area (TPSA) is 63.7 Å². The molecule has 0 aliphatic carbocycles. The summed E-state index contributed by atoms with van der Waals surface area (Å²) in [5.74, 6) is 1.36. The molecule has 1 fully saturated rings. The molecule has 0 unspecified atom stereocenters. The second kappa shape index (κ2) is 6.56. The van der Waals surface area contributed by atoms with E-state index in [-0.39, 0.29) is 12.1 Å². The predicted molar refractivity (Wildman–Crippen MR) is 87.0 cm³/mol. The number of rotatable bonds is 4. The predicted octanol–water partition coefficient (Wildman–Crippen LogP) is 2.69. The molecule has 1 aliphatic rings. The van der Waals surface area contributed by atoms with Gasteiger partial charge in [0.25, 0.3) is 0 Å². The highest BCUT2D eigenvalue weighted by Crippen LogP contribution is 2.19. The second-order valence-electron chi connectivity index (χ2n) is 5.42. The number of hydrogen-bond acceptors (Lipinski definition) is 4. The maximum Gasteiger partial charge on any atom is 0.322 e. The molecule has 120 valence electrons. The first-order valence-electron chi connectivity index (χ1n) is 7.44. The number of aryl methyl sites for hydroxylation is 1. The number of ether oxygens (including phenoxy) is 2. The van der Waals surface area contributed by atoms with Crippen LogP contribution in [0.15, 0.2) is 42.5 Å². The normalized spacial score (nSPS) is 14.1. The molecule has 2 aromatic rings. The average Bonchev–Trinajstić information content (AvgIpc) is 2.51. The SMILES string of the molecule is COc1ccc(NC(=O)N2CC(Oc3cccc(C)n3)C2)cc1. The third kappa shape index (κ3) is 3.71. The lowest BCUT2D eigenvalue weighted by Gasteiger charge is -2.38. The summed E-state index contributed by atoms with van der Waals surface area (Å²) in [4.78, 5) is 18.1. The lowest BCUT2D eigenvalue weighted by Crippen LogP contribution is -2.57.